The molecule has 0 spiro atoms. The molecular weight excluding hydrogens is 250 g/mol. The van der Waals surface area contributed by atoms with Crippen molar-refractivity contribution >= 4 is 28.5 Å². The molecule has 0 amide bonds. The Balaban J connectivity index is 2.45. The van der Waals surface area contributed by atoms with Crippen molar-refractivity contribution in [3.05, 3.63) is 41.0 Å². The zero-order chi connectivity index (χ0) is 13.3. The van der Waals surface area contributed by atoms with Crippen molar-refractivity contribution in [2.45, 2.75) is 20.3 Å². The van der Waals surface area contributed by atoms with Crippen LogP contribution in [0, 0.1) is 5.41 Å². The quantitative estimate of drug-likeness (QED) is 0.862. The zero-order valence-corrected chi connectivity index (χ0v) is 11.0. The van der Waals surface area contributed by atoms with Crippen molar-refractivity contribution in [3.8, 4) is 0 Å². The summed E-state index contributed by atoms with van der Waals surface area (Å²) in [5.41, 5.74) is 0.732. The van der Waals surface area contributed by atoms with Crippen molar-refractivity contribution in [2.24, 2.45) is 5.41 Å². The smallest absolute Gasteiger partial charge is 0.309 e. The number of rotatable bonds is 3. The van der Waals surface area contributed by atoms with E-state index in [9.17, 15) is 4.79 Å². The number of nitrogens with zero attached hydrogens (tertiary/aromatic N) is 1. The molecule has 0 unspecified atom stereocenters. The molecule has 18 heavy (non-hydrogen) atoms. The number of hydrogen-bond acceptors (Lipinski definition) is 2. The summed E-state index contributed by atoms with van der Waals surface area (Å²) < 4.78 is 0. The van der Waals surface area contributed by atoms with Gasteiger partial charge < -0.3 is 5.11 Å². The summed E-state index contributed by atoms with van der Waals surface area (Å²) in [5, 5.41) is 10.5. The third kappa shape index (κ3) is 2.46. The lowest BCUT2D eigenvalue weighted by Gasteiger charge is -2.19. The van der Waals surface area contributed by atoms with E-state index in [1.807, 2.05) is 30.3 Å². The predicted molar refractivity (Wildman–Crippen MR) is 71.9 cm³/mol. The number of pyridine rings is 1. The molecule has 0 aliphatic heterocycles. The van der Waals surface area contributed by atoms with Crippen LogP contribution in [0.25, 0.3) is 10.9 Å². The lowest BCUT2D eigenvalue weighted by atomic mass is 9.86. The van der Waals surface area contributed by atoms with E-state index in [1.165, 1.54) is 0 Å². The molecule has 0 bridgehead atoms. The van der Waals surface area contributed by atoms with Gasteiger partial charge >= 0.3 is 5.97 Å². The molecule has 1 N–H and O–H groups in total. The summed E-state index contributed by atoms with van der Waals surface area (Å²) in [6.45, 7) is 3.36. The van der Waals surface area contributed by atoms with Gasteiger partial charge in [-0.3, -0.25) is 4.79 Å². The minimum Gasteiger partial charge on any atom is -0.481 e. The Morgan fingerprint density at radius 3 is 2.72 bits per heavy atom. The molecule has 94 valence electrons. The average Bonchev–Trinajstić information content (AvgIpc) is 2.29. The van der Waals surface area contributed by atoms with Crippen LogP contribution in [-0.4, -0.2) is 16.1 Å². The molecule has 3 nitrogen and oxygen atoms in total. The highest BCUT2D eigenvalue weighted by atomic mass is 35.5. The predicted octanol–water partition coefficient (Wildman–Crippen LogP) is 3.54. The minimum absolute atomic E-state index is 0.360. The van der Waals surface area contributed by atoms with Gasteiger partial charge in [-0.1, -0.05) is 29.8 Å². The molecule has 4 heteroatoms. The van der Waals surface area contributed by atoms with Gasteiger partial charge in [-0.2, -0.15) is 0 Å². The normalized spacial score (nSPS) is 11.7. The standard InChI is InChI=1S/C14H14ClNO2/c1-14(2,13(17)18)8-10-7-9-5-3-4-6-11(9)16-12(10)15/h3-7H,8H2,1-2H3,(H,17,18). The Labute approximate surface area is 110 Å². The van der Waals surface area contributed by atoms with Crippen molar-refractivity contribution < 1.29 is 9.90 Å². The summed E-state index contributed by atoms with van der Waals surface area (Å²) in [5.74, 6) is -0.841. The molecule has 0 radical (unpaired) electrons. The van der Waals surface area contributed by atoms with E-state index >= 15 is 0 Å². The summed E-state index contributed by atoms with van der Waals surface area (Å²) >= 11 is 6.11. The van der Waals surface area contributed by atoms with Crippen LogP contribution < -0.4 is 0 Å². The number of carboxylic acids is 1. The van der Waals surface area contributed by atoms with Gasteiger partial charge in [-0.25, -0.2) is 4.98 Å². The van der Waals surface area contributed by atoms with E-state index in [1.54, 1.807) is 13.8 Å². The molecule has 0 fully saturated rings. The first-order valence-corrected chi connectivity index (χ1v) is 6.05. The van der Waals surface area contributed by atoms with Crippen LogP contribution in [0.4, 0.5) is 0 Å². The summed E-state index contributed by atoms with van der Waals surface area (Å²) in [4.78, 5) is 15.4. The highest BCUT2D eigenvalue weighted by molar-refractivity contribution is 6.30. The first-order valence-electron chi connectivity index (χ1n) is 5.68. The maximum atomic E-state index is 11.1. The van der Waals surface area contributed by atoms with Crippen molar-refractivity contribution in [1.82, 2.24) is 4.98 Å². The number of para-hydroxylation sites is 1. The van der Waals surface area contributed by atoms with Gasteiger partial charge in [0.05, 0.1) is 10.9 Å². The molecule has 0 aliphatic carbocycles. The molecule has 0 aliphatic rings. The molecule has 0 saturated heterocycles. The fraction of sp³-hybridized carbons (Fsp3) is 0.286. The van der Waals surface area contributed by atoms with Crippen LogP contribution >= 0.6 is 11.6 Å². The van der Waals surface area contributed by atoms with E-state index in [4.69, 9.17) is 16.7 Å². The number of hydrogen-bond donors (Lipinski definition) is 1. The topological polar surface area (TPSA) is 50.2 Å². The van der Waals surface area contributed by atoms with E-state index < -0.39 is 11.4 Å². The summed E-state index contributed by atoms with van der Waals surface area (Å²) in [7, 11) is 0. The number of aromatic nitrogens is 1. The van der Waals surface area contributed by atoms with Crippen LogP contribution in [-0.2, 0) is 11.2 Å². The Kier molecular flexibility index (Phi) is 3.26. The van der Waals surface area contributed by atoms with E-state index in [-0.39, 0.29) is 0 Å². The maximum Gasteiger partial charge on any atom is 0.309 e. The number of fused-ring (bicyclic) bond motifs is 1. The van der Waals surface area contributed by atoms with Crippen molar-refractivity contribution in [1.29, 1.82) is 0 Å². The van der Waals surface area contributed by atoms with Gasteiger partial charge in [0.15, 0.2) is 0 Å². The highest BCUT2D eigenvalue weighted by Gasteiger charge is 2.28. The van der Waals surface area contributed by atoms with Crippen LogP contribution in [0.3, 0.4) is 0 Å². The van der Waals surface area contributed by atoms with E-state index in [0.717, 1.165) is 16.5 Å². The van der Waals surface area contributed by atoms with Gasteiger partial charge in [-0.05, 0) is 38.0 Å². The lowest BCUT2D eigenvalue weighted by Crippen LogP contribution is -2.26. The van der Waals surface area contributed by atoms with Gasteiger partial charge in [0.1, 0.15) is 5.15 Å². The molecular formula is C14H14ClNO2. The molecule has 2 aromatic rings. The number of carboxylic acid groups (broad SMARTS) is 1. The Hall–Kier alpha value is -1.61. The van der Waals surface area contributed by atoms with Crippen LogP contribution in [0.15, 0.2) is 30.3 Å². The lowest BCUT2D eigenvalue weighted by molar-refractivity contribution is -0.146. The second kappa shape index (κ2) is 4.58. The number of halogens is 1. The second-order valence-corrected chi connectivity index (χ2v) is 5.35. The minimum atomic E-state index is -0.853. The molecule has 2 rings (SSSR count). The number of carbonyl (C=O) groups is 1. The van der Waals surface area contributed by atoms with Crippen LogP contribution in [0.1, 0.15) is 19.4 Å². The van der Waals surface area contributed by atoms with Crippen molar-refractivity contribution in [3.63, 3.8) is 0 Å². The number of benzene rings is 1. The third-order valence-corrected chi connectivity index (χ3v) is 3.29. The maximum absolute atomic E-state index is 11.1. The molecule has 1 aromatic heterocycles. The zero-order valence-electron chi connectivity index (χ0n) is 10.3. The Morgan fingerprint density at radius 1 is 1.39 bits per heavy atom. The molecule has 1 heterocycles. The first kappa shape index (κ1) is 12.8. The van der Waals surface area contributed by atoms with Crippen LogP contribution in [0.2, 0.25) is 5.15 Å². The van der Waals surface area contributed by atoms with Crippen molar-refractivity contribution in [2.75, 3.05) is 0 Å². The highest BCUT2D eigenvalue weighted by Crippen LogP contribution is 2.28. The molecule has 0 saturated carbocycles. The fourth-order valence-electron chi connectivity index (χ4n) is 1.81. The van der Waals surface area contributed by atoms with E-state index in [0.29, 0.717) is 11.6 Å². The summed E-state index contributed by atoms with van der Waals surface area (Å²) in [6, 6.07) is 9.55. The third-order valence-electron chi connectivity index (χ3n) is 2.96. The van der Waals surface area contributed by atoms with Gasteiger partial charge in [0, 0.05) is 5.39 Å². The van der Waals surface area contributed by atoms with Gasteiger partial charge in [0.25, 0.3) is 0 Å². The molecule has 0 atom stereocenters. The summed E-state index contributed by atoms with van der Waals surface area (Å²) in [6.07, 6.45) is 0.360. The Bertz CT molecular complexity index is 608. The monoisotopic (exact) mass is 263 g/mol. The molecule has 1 aromatic carbocycles. The second-order valence-electron chi connectivity index (χ2n) is 5.00. The number of aliphatic carboxylic acids is 1. The van der Waals surface area contributed by atoms with Gasteiger partial charge in [-0.15, -0.1) is 0 Å². The van der Waals surface area contributed by atoms with E-state index in [2.05, 4.69) is 4.98 Å². The largest absolute Gasteiger partial charge is 0.481 e. The van der Waals surface area contributed by atoms with Crippen LogP contribution in [0.5, 0.6) is 0 Å². The Morgan fingerprint density at radius 2 is 2.06 bits per heavy atom. The van der Waals surface area contributed by atoms with Gasteiger partial charge in [0.2, 0.25) is 0 Å². The first-order chi connectivity index (χ1) is 8.40. The fourth-order valence-corrected chi connectivity index (χ4v) is 2.02. The average molecular weight is 264 g/mol. The SMILES string of the molecule is CC(C)(Cc1cc2ccccc2nc1Cl)C(=O)O.